The van der Waals surface area contributed by atoms with Crippen LogP contribution in [0.15, 0.2) is 53.6 Å². The minimum Gasteiger partial charge on any atom is -0.464 e. The Morgan fingerprint density at radius 2 is 1.61 bits per heavy atom. The number of aromatic amines is 1. The van der Waals surface area contributed by atoms with Crippen molar-refractivity contribution in [2.45, 2.75) is 51.0 Å². The molecule has 0 aliphatic heterocycles. The maximum absolute atomic E-state index is 12.1. The van der Waals surface area contributed by atoms with Crippen LogP contribution < -0.4 is 10.5 Å². The molecule has 0 saturated heterocycles. The van der Waals surface area contributed by atoms with Crippen LogP contribution in [0.5, 0.6) is 0 Å². The van der Waals surface area contributed by atoms with E-state index in [1.54, 1.807) is 18.5 Å². The number of nitrogens with one attached hydrogen (secondary N) is 1. The largest absolute Gasteiger partial charge is 0.472 e. The van der Waals surface area contributed by atoms with Gasteiger partial charge in [-0.25, -0.2) is 9.25 Å². The minimum atomic E-state index is -4.52. The summed E-state index contributed by atoms with van der Waals surface area (Å²) in [5, 5.41) is 18.3. The highest BCUT2D eigenvalue weighted by atomic mass is 31.2. The first-order valence-corrected chi connectivity index (χ1v) is 19.9. The van der Waals surface area contributed by atoms with Gasteiger partial charge in [0.15, 0.2) is 6.10 Å². The SMILES string of the molecule is CN(CCOCC(O)Cn1cc(COC(=O)CCCOCCOC(=O)CCCOP(=O)(O)OCC(COC=O)OC=O)nn1)c1ccc(/C=C/c2ccc(=O)[nH]c2)cc1. The predicted octanol–water partition coefficient (Wildman–Crippen LogP) is 1.66. The number of esters is 2. The lowest BCUT2D eigenvalue weighted by molar-refractivity contribution is -0.145. The summed E-state index contributed by atoms with van der Waals surface area (Å²) < 4.78 is 53.0. The number of aliphatic hydroxyl groups is 1. The summed E-state index contributed by atoms with van der Waals surface area (Å²) in [5.74, 6) is -1.06. The van der Waals surface area contributed by atoms with Crippen LogP contribution in [0.4, 0.5) is 5.69 Å². The highest BCUT2D eigenvalue weighted by Crippen LogP contribution is 2.43. The number of ether oxygens (including phenoxy) is 6. The maximum Gasteiger partial charge on any atom is 0.472 e. The number of carbonyl (C=O) groups excluding carboxylic acids is 4. The van der Waals surface area contributed by atoms with Crippen molar-refractivity contribution in [3.05, 3.63) is 76.0 Å². The zero-order valence-corrected chi connectivity index (χ0v) is 33.4. The van der Waals surface area contributed by atoms with Gasteiger partial charge >= 0.3 is 19.8 Å². The van der Waals surface area contributed by atoms with Crippen LogP contribution in [-0.2, 0) is 74.4 Å². The fourth-order valence-corrected chi connectivity index (χ4v) is 5.56. The third-order valence-corrected chi connectivity index (χ3v) is 8.80. The first kappa shape index (κ1) is 48.1. The molecule has 0 amide bonds. The van der Waals surface area contributed by atoms with Gasteiger partial charge in [-0.3, -0.25) is 33.0 Å². The molecule has 22 heteroatoms. The maximum atomic E-state index is 12.1. The Hall–Kier alpha value is -5.28. The highest BCUT2D eigenvalue weighted by molar-refractivity contribution is 7.47. The Balaban J connectivity index is 1.16. The number of benzene rings is 1. The molecule has 0 radical (unpaired) electrons. The van der Waals surface area contributed by atoms with E-state index in [0.717, 1.165) is 16.8 Å². The van der Waals surface area contributed by atoms with Crippen molar-refractivity contribution in [2.75, 3.05) is 71.3 Å². The number of aliphatic hydroxyl groups excluding tert-OH is 1. The van der Waals surface area contributed by atoms with Crippen LogP contribution in [0.25, 0.3) is 12.2 Å². The van der Waals surface area contributed by atoms with Gasteiger partial charge in [-0.05, 0) is 42.2 Å². The van der Waals surface area contributed by atoms with Crippen LogP contribution in [0.2, 0.25) is 0 Å². The molecule has 3 aromatic rings. The average molecular weight is 852 g/mol. The molecule has 324 valence electrons. The second kappa shape index (κ2) is 27.4. The van der Waals surface area contributed by atoms with Crippen LogP contribution in [0.3, 0.4) is 0 Å². The molecule has 2 heterocycles. The van der Waals surface area contributed by atoms with E-state index in [0.29, 0.717) is 25.3 Å². The highest BCUT2D eigenvalue weighted by Gasteiger charge is 2.24. The number of pyridine rings is 1. The molecule has 0 fully saturated rings. The summed E-state index contributed by atoms with van der Waals surface area (Å²) in [6, 6.07) is 11.2. The number of hydrogen-bond donors (Lipinski definition) is 3. The van der Waals surface area contributed by atoms with Crippen molar-refractivity contribution in [1.29, 1.82) is 0 Å². The molecule has 0 saturated carbocycles. The molecule has 21 nitrogen and oxygen atoms in total. The van der Waals surface area contributed by atoms with E-state index < -0.39 is 38.6 Å². The number of phosphoric acid groups is 1. The molecule has 59 heavy (non-hydrogen) atoms. The molecule has 0 aliphatic carbocycles. The van der Waals surface area contributed by atoms with Gasteiger partial charge in [0.2, 0.25) is 5.56 Å². The van der Waals surface area contributed by atoms with E-state index in [2.05, 4.69) is 29.3 Å². The van der Waals surface area contributed by atoms with Crippen molar-refractivity contribution < 1.29 is 71.2 Å². The van der Waals surface area contributed by atoms with Crippen LogP contribution >= 0.6 is 7.82 Å². The number of phosphoric ester groups is 1. The van der Waals surface area contributed by atoms with Crippen molar-refractivity contribution in [1.82, 2.24) is 20.0 Å². The van der Waals surface area contributed by atoms with Gasteiger partial charge in [-0.1, -0.05) is 29.5 Å². The number of likely N-dealkylation sites (N-methyl/N-ethyl adjacent to an activating group) is 1. The molecule has 1 aromatic carbocycles. The van der Waals surface area contributed by atoms with Gasteiger partial charge in [-0.15, -0.1) is 5.10 Å². The second-order valence-electron chi connectivity index (χ2n) is 12.6. The van der Waals surface area contributed by atoms with Gasteiger partial charge in [0.1, 0.15) is 25.5 Å². The molecular weight excluding hydrogens is 801 g/mol. The first-order chi connectivity index (χ1) is 28.5. The lowest BCUT2D eigenvalue weighted by atomic mass is 10.1. The summed E-state index contributed by atoms with van der Waals surface area (Å²) in [6.07, 6.45) is 5.53. The third kappa shape index (κ3) is 21.3. The molecule has 3 rings (SSSR count). The zero-order chi connectivity index (χ0) is 42.7. The van der Waals surface area contributed by atoms with Crippen LogP contribution in [0, 0.1) is 0 Å². The second-order valence-corrected chi connectivity index (χ2v) is 14.0. The van der Waals surface area contributed by atoms with Crippen molar-refractivity contribution in [3.8, 4) is 0 Å². The number of anilines is 1. The zero-order valence-electron chi connectivity index (χ0n) is 32.5. The average Bonchev–Trinajstić information content (AvgIpc) is 3.67. The van der Waals surface area contributed by atoms with E-state index in [1.807, 2.05) is 48.4 Å². The predicted molar refractivity (Wildman–Crippen MR) is 207 cm³/mol. The van der Waals surface area contributed by atoms with Crippen LogP contribution in [0.1, 0.15) is 42.5 Å². The molecule has 3 atom stereocenters. The summed E-state index contributed by atoms with van der Waals surface area (Å²) in [4.78, 5) is 70.2. The standard InChI is InChI=1S/C37H50N5O16P/c1-41(32-11-8-29(9-12-32)6-7-30-10-13-35(46)38-20-30)14-17-52-24-33(45)22-42-21-31(39-40-42)23-55-37(48)4-2-15-51-18-19-54-36(47)5-3-16-57-59(49,50)58-26-34(56-28-44)25-53-27-43/h6-13,20-21,27-28,33-34,45H,2-5,14-19,22-26H2,1H3,(H,38,46)(H,49,50)/b7-6+. The smallest absolute Gasteiger partial charge is 0.464 e. The Morgan fingerprint density at radius 1 is 0.881 bits per heavy atom. The van der Waals surface area contributed by atoms with Gasteiger partial charge in [-0.2, -0.15) is 0 Å². The Bertz CT molecular complexity index is 1820. The Labute approximate surface area is 339 Å². The summed E-state index contributed by atoms with van der Waals surface area (Å²) in [7, 11) is -2.57. The fraction of sp³-hybridized carbons (Fsp3) is 0.486. The number of H-pyrrole nitrogens is 1. The summed E-state index contributed by atoms with van der Waals surface area (Å²) in [5.41, 5.74) is 3.17. The van der Waals surface area contributed by atoms with E-state index in [9.17, 15) is 38.5 Å². The number of aromatic nitrogens is 4. The van der Waals surface area contributed by atoms with Gasteiger partial charge in [0.25, 0.3) is 12.9 Å². The van der Waals surface area contributed by atoms with Gasteiger partial charge in [0.05, 0.1) is 51.9 Å². The molecule has 0 spiro atoms. The molecule has 3 N–H and O–H groups in total. The van der Waals surface area contributed by atoms with Gasteiger partial charge < -0.3 is 48.3 Å². The van der Waals surface area contributed by atoms with E-state index in [-0.39, 0.29) is 90.6 Å². The van der Waals surface area contributed by atoms with Crippen molar-refractivity contribution in [2.24, 2.45) is 0 Å². The molecule has 0 aliphatic rings. The van der Waals surface area contributed by atoms with Crippen molar-refractivity contribution in [3.63, 3.8) is 0 Å². The number of nitrogens with zero attached hydrogens (tertiary/aromatic N) is 4. The third-order valence-electron chi connectivity index (χ3n) is 7.82. The fourth-order valence-electron chi connectivity index (χ4n) is 4.77. The molecule has 2 aromatic heterocycles. The van der Waals surface area contributed by atoms with Gasteiger partial charge in [0, 0.05) is 51.0 Å². The molecule has 0 bridgehead atoms. The summed E-state index contributed by atoms with van der Waals surface area (Å²) in [6.45, 7) is 0.295. The quantitative estimate of drug-likeness (QED) is 0.0265. The summed E-state index contributed by atoms with van der Waals surface area (Å²) >= 11 is 0. The lowest BCUT2D eigenvalue weighted by Gasteiger charge is -2.20. The van der Waals surface area contributed by atoms with Crippen molar-refractivity contribution >= 4 is 50.5 Å². The number of hydrogen-bond acceptors (Lipinski definition) is 18. The Kier molecular flexibility index (Phi) is 22.3. The number of carbonyl (C=O) groups is 4. The van der Waals surface area contributed by atoms with E-state index in [1.165, 1.54) is 10.7 Å². The first-order valence-electron chi connectivity index (χ1n) is 18.4. The topological polar surface area (TPSA) is 266 Å². The van der Waals surface area contributed by atoms with Crippen LogP contribution in [-0.4, -0.2) is 134 Å². The number of rotatable bonds is 32. The molecule has 3 unspecified atom stereocenters. The van der Waals surface area contributed by atoms with E-state index >= 15 is 0 Å². The minimum absolute atomic E-state index is 0.0438. The van der Waals surface area contributed by atoms with E-state index in [4.69, 9.17) is 23.5 Å². The molecular formula is C37H50N5O16P. The normalized spacial score (nSPS) is 13.3. The monoisotopic (exact) mass is 851 g/mol. The Morgan fingerprint density at radius 3 is 2.34 bits per heavy atom. The lowest BCUT2D eigenvalue weighted by Crippen LogP contribution is -2.27.